The Bertz CT molecular complexity index is 369. The van der Waals surface area contributed by atoms with Crippen LogP contribution in [0.3, 0.4) is 0 Å². The van der Waals surface area contributed by atoms with E-state index in [-0.39, 0.29) is 5.41 Å². The third-order valence-corrected chi connectivity index (χ3v) is 3.07. The molecule has 0 amide bonds. The van der Waals surface area contributed by atoms with Crippen LogP contribution in [0.15, 0.2) is 22.7 Å². The Morgan fingerprint density at radius 3 is 2.47 bits per heavy atom. The summed E-state index contributed by atoms with van der Waals surface area (Å²) in [6, 6.07) is 5.75. The molecule has 96 valence electrons. The van der Waals surface area contributed by atoms with Crippen molar-refractivity contribution < 1.29 is 9.84 Å². The molecule has 0 aliphatic carbocycles. The maximum absolute atomic E-state index is 10.1. The van der Waals surface area contributed by atoms with Crippen LogP contribution < -0.4 is 4.74 Å². The number of rotatable bonds is 4. The molecule has 0 radical (unpaired) electrons. The summed E-state index contributed by atoms with van der Waals surface area (Å²) in [6.07, 6.45) is 0.315. The van der Waals surface area contributed by atoms with E-state index in [0.29, 0.717) is 6.61 Å². The molecular weight excluding hydrogens is 280 g/mol. The molecule has 1 aromatic rings. The van der Waals surface area contributed by atoms with E-state index in [1.54, 1.807) is 0 Å². The fourth-order valence-electron chi connectivity index (χ4n) is 1.69. The summed E-state index contributed by atoms with van der Waals surface area (Å²) in [5.74, 6) is 0.819. The van der Waals surface area contributed by atoms with Gasteiger partial charge in [0.05, 0.1) is 17.2 Å². The molecule has 0 fully saturated rings. The molecule has 0 aliphatic rings. The summed E-state index contributed by atoms with van der Waals surface area (Å²) in [5, 5.41) is 10.1. The van der Waals surface area contributed by atoms with Crippen LogP contribution in [-0.2, 0) is 0 Å². The van der Waals surface area contributed by atoms with Crippen molar-refractivity contribution in [2.45, 2.75) is 40.2 Å². The average molecular weight is 301 g/mol. The van der Waals surface area contributed by atoms with Gasteiger partial charge in [0.15, 0.2) is 0 Å². The highest BCUT2D eigenvalue weighted by molar-refractivity contribution is 9.10. The lowest BCUT2D eigenvalue weighted by Gasteiger charge is -2.23. The van der Waals surface area contributed by atoms with Gasteiger partial charge >= 0.3 is 0 Å². The maximum atomic E-state index is 10.1. The SMILES string of the molecule is CCOc1ccc(C(O)CC(C)(C)C)cc1Br. The Balaban J connectivity index is 2.82. The fourth-order valence-corrected chi connectivity index (χ4v) is 2.21. The molecule has 1 N–H and O–H groups in total. The smallest absolute Gasteiger partial charge is 0.133 e. The van der Waals surface area contributed by atoms with Gasteiger partial charge in [0.1, 0.15) is 5.75 Å². The van der Waals surface area contributed by atoms with Gasteiger partial charge in [-0.2, -0.15) is 0 Å². The van der Waals surface area contributed by atoms with Gasteiger partial charge in [0.2, 0.25) is 0 Å². The summed E-state index contributed by atoms with van der Waals surface area (Å²) in [6.45, 7) is 8.97. The standard InChI is InChI=1S/C14H21BrO2/c1-5-17-13-7-6-10(8-11(13)15)12(16)9-14(2,3)4/h6-8,12,16H,5,9H2,1-4H3. The van der Waals surface area contributed by atoms with Crippen LogP contribution in [0.2, 0.25) is 0 Å². The Kier molecular flexibility index (Phi) is 5.02. The summed E-state index contributed by atoms with van der Waals surface area (Å²) < 4.78 is 6.34. The molecule has 0 aliphatic heterocycles. The van der Waals surface area contributed by atoms with Crippen molar-refractivity contribution in [1.29, 1.82) is 0 Å². The lowest BCUT2D eigenvalue weighted by atomic mass is 9.87. The van der Waals surface area contributed by atoms with Crippen molar-refractivity contribution in [1.82, 2.24) is 0 Å². The van der Waals surface area contributed by atoms with Crippen molar-refractivity contribution in [3.8, 4) is 5.75 Å². The van der Waals surface area contributed by atoms with Crippen molar-refractivity contribution >= 4 is 15.9 Å². The number of aliphatic hydroxyl groups excluding tert-OH is 1. The van der Waals surface area contributed by atoms with Gasteiger partial charge in [-0.15, -0.1) is 0 Å². The molecule has 0 aromatic heterocycles. The minimum atomic E-state index is -0.429. The second-order valence-electron chi connectivity index (χ2n) is 5.40. The van der Waals surface area contributed by atoms with Gasteiger partial charge in [-0.25, -0.2) is 0 Å². The van der Waals surface area contributed by atoms with Gasteiger partial charge in [0.25, 0.3) is 0 Å². The molecular formula is C14H21BrO2. The van der Waals surface area contributed by atoms with E-state index in [9.17, 15) is 5.11 Å². The van der Waals surface area contributed by atoms with Crippen LogP contribution >= 0.6 is 15.9 Å². The minimum absolute atomic E-state index is 0.116. The van der Waals surface area contributed by atoms with E-state index >= 15 is 0 Å². The molecule has 2 nitrogen and oxygen atoms in total. The van der Waals surface area contributed by atoms with Crippen LogP contribution in [0, 0.1) is 5.41 Å². The van der Waals surface area contributed by atoms with Crippen molar-refractivity contribution in [3.05, 3.63) is 28.2 Å². The molecule has 0 bridgehead atoms. The number of hydrogen-bond acceptors (Lipinski definition) is 2. The fraction of sp³-hybridized carbons (Fsp3) is 0.571. The second kappa shape index (κ2) is 5.87. The molecule has 0 heterocycles. The summed E-state index contributed by atoms with van der Waals surface area (Å²) >= 11 is 3.46. The third kappa shape index (κ3) is 4.68. The Morgan fingerprint density at radius 1 is 1.35 bits per heavy atom. The largest absolute Gasteiger partial charge is 0.493 e. The lowest BCUT2D eigenvalue weighted by molar-refractivity contribution is 0.122. The molecule has 1 unspecified atom stereocenters. The summed E-state index contributed by atoms with van der Waals surface area (Å²) in [7, 11) is 0. The van der Waals surface area contributed by atoms with Gasteiger partial charge in [0, 0.05) is 0 Å². The topological polar surface area (TPSA) is 29.5 Å². The molecule has 1 aromatic carbocycles. The molecule has 1 atom stereocenters. The van der Waals surface area contributed by atoms with E-state index in [1.165, 1.54) is 0 Å². The quantitative estimate of drug-likeness (QED) is 0.897. The first-order chi connectivity index (χ1) is 7.83. The van der Waals surface area contributed by atoms with E-state index in [2.05, 4.69) is 36.7 Å². The monoisotopic (exact) mass is 300 g/mol. The van der Waals surface area contributed by atoms with Gasteiger partial charge < -0.3 is 9.84 Å². The zero-order valence-electron chi connectivity index (χ0n) is 11.0. The summed E-state index contributed by atoms with van der Waals surface area (Å²) in [4.78, 5) is 0. The molecule has 0 saturated carbocycles. The van der Waals surface area contributed by atoms with Crippen molar-refractivity contribution in [2.75, 3.05) is 6.61 Å². The molecule has 0 spiro atoms. The highest BCUT2D eigenvalue weighted by atomic mass is 79.9. The van der Waals surface area contributed by atoms with Crippen LogP contribution in [-0.4, -0.2) is 11.7 Å². The number of ether oxygens (including phenoxy) is 1. The lowest BCUT2D eigenvalue weighted by Crippen LogP contribution is -2.11. The van der Waals surface area contributed by atoms with E-state index in [0.717, 1.165) is 22.2 Å². The zero-order chi connectivity index (χ0) is 13.1. The second-order valence-corrected chi connectivity index (χ2v) is 6.26. The Hall–Kier alpha value is -0.540. The normalized spacial score (nSPS) is 13.5. The average Bonchev–Trinajstić information content (AvgIpc) is 2.18. The highest BCUT2D eigenvalue weighted by Crippen LogP contribution is 2.33. The minimum Gasteiger partial charge on any atom is -0.493 e. The van der Waals surface area contributed by atoms with Crippen LogP contribution in [0.5, 0.6) is 5.75 Å². The highest BCUT2D eigenvalue weighted by Gasteiger charge is 2.18. The zero-order valence-corrected chi connectivity index (χ0v) is 12.5. The van der Waals surface area contributed by atoms with Gasteiger partial charge in [-0.1, -0.05) is 26.8 Å². The molecule has 17 heavy (non-hydrogen) atoms. The van der Waals surface area contributed by atoms with Crippen molar-refractivity contribution in [3.63, 3.8) is 0 Å². The molecule has 0 saturated heterocycles. The Labute approximate surface area is 112 Å². The van der Waals surface area contributed by atoms with Crippen LogP contribution in [0.1, 0.15) is 45.8 Å². The van der Waals surface area contributed by atoms with E-state index in [1.807, 2.05) is 25.1 Å². The van der Waals surface area contributed by atoms with Crippen LogP contribution in [0.4, 0.5) is 0 Å². The number of hydrogen-bond donors (Lipinski definition) is 1. The predicted octanol–water partition coefficient (Wildman–Crippen LogP) is 4.32. The Morgan fingerprint density at radius 2 is 2.00 bits per heavy atom. The van der Waals surface area contributed by atoms with Gasteiger partial charge in [-0.3, -0.25) is 0 Å². The number of benzene rings is 1. The first kappa shape index (κ1) is 14.5. The first-order valence-corrected chi connectivity index (χ1v) is 6.73. The third-order valence-electron chi connectivity index (χ3n) is 2.45. The number of aliphatic hydroxyl groups is 1. The number of halogens is 1. The molecule has 1 rings (SSSR count). The van der Waals surface area contributed by atoms with Crippen molar-refractivity contribution in [2.24, 2.45) is 5.41 Å². The van der Waals surface area contributed by atoms with Crippen LogP contribution in [0.25, 0.3) is 0 Å². The first-order valence-electron chi connectivity index (χ1n) is 5.94. The summed E-state index contributed by atoms with van der Waals surface area (Å²) in [5.41, 5.74) is 1.04. The van der Waals surface area contributed by atoms with E-state index in [4.69, 9.17) is 4.74 Å². The van der Waals surface area contributed by atoms with Gasteiger partial charge in [-0.05, 0) is 52.4 Å². The molecule has 3 heteroatoms. The predicted molar refractivity (Wildman–Crippen MR) is 74.3 cm³/mol. The maximum Gasteiger partial charge on any atom is 0.133 e. The van der Waals surface area contributed by atoms with E-state index < -0.39 is 6.10 Å².